The van der Waals surface area contributed by atoms with Gasteiger partial charge in [-0.3, -0.25) is 9.63 Å². The lowest BCUT2D eigenvalue weighted by atomic mass is 10.1. The number of anilines is 2. The molecule has 0 radical (unpaired) electrons. The molecule has 2 fully saturated rings. The third kappa shape index (κ3) is 3.49. The van der Waals surface area contributed by atoms with Crippen molar-refractivity contribution in [3.05, 3.63) is 52.7 Å². The van der Waals surface area contributed by atoms with Gasteiger partial charge in [0.05, 0.1) is 18.7 Å². The van der Waals surface area contributed by atoms with Crippen molar-refractivity contribution < 1.29 is 9.63 Å². The molecule has 0 unspecified atom stereocenters. The zero-order chi connectivity index (χ0) is 19.0. The Labute approximate surface area is 160 Å². The molecular weight excluding hydrogens is 340 g/mol. The van der Waals surface area contributed by atoms with Gasteiger partial charge in [-0.1, -0.05) is 17.7 Å². The number of benzene rings is 1. The number of aromatic nitrogens is 1. The molecule has 0 aliphatic carbocycles. The minimum absolute atomic E-state index is 0.0661. The van der Waals surface area contributed by atoms with Gasteiger partial charge in [-0.2, -0.15) is 0 Å². The average molecular weight is 366 g/mol. The monoisotopic (exact) mass is 366 g/mol. The van der Waals surface area contributed by atoms with Gasteiger partial charge in [0.25, 0.3) is 5.91 Å². The zero-order valence-corrected chi connectivity index (χ0v) is 16.2. The van der Waals surface area contributed by atoms with Crippen LogP contribution in [0.25, 0.3) is 0 Å². The molecule has 0 atom stereocenters. The summed E-state index contributed by atoms with van der Waals surface area (Å²) in [5.41, 5.74) is 5.46. The summed E-state index contributed by atoms with van der Waals surface area (Å²) in [7, 11) is 0. The molecule has 0 N–H and O–H groups in total. The minimum atomic E-state index is 0.0661. The number of hydrogen-bond acceptors (Lipinski definition) is 5. The van der Waals surface area contributed by atoms with E-state index >= 15 is 0 Å². The number of amides is 1. The summed E-state index contributed by atoms with van der Waals surface area (Å²) in [4.78, 5) is 27.0. The fourth-order valence-corrected chi connectivity index (χ4v) is 3.75. The molecule has 2 aromatic rings. The minimum Gasteiger partial charge on any atom is -0.368 e. The molecule has 27 heavy (non-hydrogen) atoms. The number of hydrogen-bond donors (Lipinski definition) is 0. The second kappa shape index (κ2) is 7.19. The Morgan fingerprint density at radius 1 is 1.00 bits per heavy atom. The van der Waals surface area contributed by atoms with E-state index < -0.39 is 0 Å². The number of rotatable bonds is 3. The second-order valence-corrected chi connectivity index (χ2v) is 7.36. The SMILES string of the molecule is Cc1ccc(N2CCN(C(=O)c3cnc(N4CCO4)cc3C)CC2)c(C)c1. The molecule has 0 bridgehead atoms. The Hall–Kier alpha value is -2.60. The topological polar surface area (TPSA) is 48.9 Å². The number of aryl methyl sites for hydroxylation is 3. The molecule has 2 aliphatic rings. The maximum Gasteiger partial charge on any atom is 0.255 e. The van der Waals surface area contributed by atoms with Gasteiger partial charge in [0.15, 0.2) is 5.82 Å². The summed E-state index contributed by atoms with van der Waals surface area (Å²) in [6.07, 6.45) is 1.69. The van der Waals surface area contributed by atoms with Gasteiger partial charge in [-0.25, -0.2) is 10.0 Å². The molecule has 4 rings (SSSR count). The van der Waals surface area contributed by atoms with Crippen LogP contribution in [0.4, 0.5) is 11.5 Å². The largest absolute Gasteiger partial charge is 0.368 e. The normalized spacial score (nSPS) is 17.1. The van der Waals surface area contributed by atoms with Crippen molar-refractivity contribution >= 4 is 17.4 Å². The van der Waals surface area contributed by atoms with E-state index in [1.54, 1.807) is 11.3 Å². The predicted molar refractivity (Wildman–Crippen MR) is 106 cm³/mol. The van der Waals surface area contributed by atoms with E-state index in [1.165, 1.54) is 16.8 Å². The molecule has 2 saturated heterocycles. The lowest BCUT2D eigenvalue weighted by Gasteiger charge is -2.37. The summed E-state index contributed by atoms with van der Waals surface area (Å²) in [5, 5.41) is 1.75. The van der Waals surface area contributed by atoms with E-state index in [4.69, 9.17) is 4.84 Å². The Morgan fingerprint density at radius 2 is 1.74 bits per heavy atom. The number of carbonyl (C=O) groups excluding carboxylic acids is 1. The maximum absolute atomic E-state index is 13.0. The van der Waals surface area contributed by atoms with Crippen LogP contribution in [0.5, 0.6) is 0 Å². The summed E-state index contributed by atoms with van der Waals surface area (Å²) >= 11 is 0. The smallest absolute Gasteiger partial charge is 0.255 e. The molecule has 6 nitrogen and oxygen atoms in total. The number of pyridine rings is 1. The molecular formula is C21H26N4O2. The Balaban J connectivity index is 1.42. The summed E-state index contributed by atoms with van der Waals surface area (Å²) in [5.74, 6) is 0.839. The number of hydroxylamine groups is 1. The number of piperazine rings is 1. The quantitative estimate of drug-likeness (QED) is 0.836. The van der Waals surface area contributed by atoms with Crippen molar-refractivity contribution in [2.75, 3.05) is 49.3 Å². The molecule has 6 heteroatoms. The highest BCUT2D eigenvalue weighted by Crippen LogP contribution is 2.24. The maximum atomic E-state index is 13.0. The van der Waals surface area contributed by atoms with Crippen LogP contribution in [0.15, 0.2) is 30.5 Å². The number of nitrogens with zero attached hydrogens (tertiary/aromatic N) is 4. The van der Waals surface area contributed by atoms with Crippen LogP contribution in [0.2, 0.25) is 0 Å². The van der Waals surface area contributed by atoms with E-state index in [2.05, 4.69) is 41.9 Å². The van der Waals surface area contributed by atoms with Crippen molar-refractivity contribution in [1.82, 2.24) is 9.88 Å². The zero-order valence-electron chi connectivity index (χ0n) is 16.2. The van der Waals surface area contributed by atoms with Gasteiger partial charge in [-0.15, -0.1) is 0 Å². The van der Waals surface area contributed by atoms with Crippen LogP contribution in [0.1, 0.15) is 27.0 Å². The lowest BCUT2D eigenvalue weighted by molar-refractivity contribution is 0.0236. The first-order valence-electron chi connectivity index (χ1n) is 9.51. The molecule has 142 valence electrons. The first-order valence-corrected chi connectivity index (χ1v) is 9.51. The van der Waals surface area contributed by atoms with Crippen LogP contribution in [0, 0.1) is 20.8 Å². The first kappa shape index (κ1) is 17.8. The predicted octanol–water partition coefficient (Wildman–Crippen LogP) is 2.72. The van der Waals surface area contributed by atoms with Crippen LogP contribution < -0.4 is 9.96 Å². The van der Waals surface area contributed by atoms with Crippen LogP contribution >= 0.6 is 0 Å². The fourth-order valence-electron chi connectivity index (χ4n) is 3.75. The van der Waals surface area contributed by atoms with Crippen molar-refractivity contribution in [3.8, 4) is 0 Å². The van der Waals surface area contributed by atoms with Crippen LogP contribution in [0.3, 0.4) is 0 Å². The van der Waals surface area contributed by atoms with Gasteiger partial charge in [-0.05, 0) is 44.0 Å². The van der Waals surface area contributed by atoms with Gasteiger partial charge in [0.1, 0.15) is 0 Å². The second-order valence-electron chi connectivity index (χ2n) is 7.36. The van der Waals surface area contributed by atoms with Crippen molar-refractivity contribution in [2.24, 2.45) is 0 Å². The molecule has 1 aromatic heterocycles. The highest BCUT2D eigenvalue weighted by Gasteiger charge is 2.25. The van der Waals surface area contributed by atoms with Gasteiger partial charge in [0.2, 0.25) is 0 Å². The first-order chi connectivity index (χ1) is 13.0. The van der Waals surface area contributed by atoms with E-state index in [0.717, 1.165) is 50.7 Å². The summed E-state index contributed by atoms with van der Waals surface area (Å²) in [6, 6.07) is 8.48. The highest BCUT2D eigenvalue weighted by atomic mass is 16.7. The molecule has 0 saturated carbocycles. The van der Waals surface area contributed by atoms with Crippen molar-refractivity contribution in [2.45, 2.75) is 20.8 Å². The van der Waals surface area contributed by atoms with Crippen molar-refractivity contribution in [3.63, 3.8) is 0 Å². The fraction of sp³-hybridized carbons (Fsp3) is 0.429. The highest BCUT2D eigenvalue weighted by molar-refractivity contribution is 5.95. The Bertz CT molecular complexity index is 855. The van der Waals surface area contributed by atoms with E-state index in [9.17, 15) is 4.79 Å². The average Bonchev–Trinajstić information content (AvgIpc) is 2.60. The Morgan fingerprint density at radius 3 is 2.33 bits per heavy atom. The summed E-state index contributed by atoms with van der Waals surface area (Å²) < 4.78 is 0. The van der Waals surface area contributed by atoms with E-state index in [-0.39, 0.29) is 5.91 Å². The van der Waals surface area contributed by atoms with Crippen molar-refractivity contribution in [1.29, 1.82) is 0 Å². The van der Waals surface area contributed by atoms with Crippen LogP contribution in [-0.2, 0) is 4.84 Å². The third-order valence-electron chi connectivity index (χ3n) is 5.38. The standard InChI is InChI=1S/C21H26N4O2/c1-15-4-5-19(17(3)12-15)23-6-8-24(9-7-23)21(26)18-14-22-20(13-16(18)2)25-10-11-27-25/h4-5,12-14H,6-11H2,1-3H3. The van der Waals surface area contributed by atoms with Gasteiger partial charge >= 0.3 is 0 Å². The Kier molecular flexibility index (Phi) is 4.74. The van der Waals surface area contributed by atoms with Gasteiger partial charge < -0.3 is 9.80 Å². The van der Waals surface area contributed by atoms with E-state index in [1.807, 2.05) is 17.9 Å². The number of carbonyl (C=O) groups is 1. The van der Waals surface area contributed by atoms with E-state index in [0.29, 0.717) is 5.56 Å². The summed E-state index contributed by atoms with van der Waals surface area (Å²) in [6.45, 7) is 11.0. The molecule has 1 aromatic carbocycles. The molecule has 3 heterocycles. The molecule has 0 spiro atoms. The molecule has 2 aliphatic heterocycles. The van der Waals surface area contributed by atoms with Gasteiger partial charge in [0, 0.05) is 38.1 Å². The lowest BCUT2D eigenvalue weighted by Crippen LogP contribution is -2.49. The third-order valence-corrected chi connectivity index (χ3v) is 5.38. The molecule has 1 amide bonds. The van der Waals surface area contributed by atoms with Crippen LogP contribution in [-0.4, -0.2) is 55.1 Å².